The molecule has 3 heterocycles. The molecule has 2 aromatic heterocycles. The highest BCUT2D eigenvalue weighted by atomic mass is 16.3. The summed E-state index contributed by atoms with van der Waals surface area (Å²) in [6.45, 7) is 2.31. The van der Waals surface area contributed by atoms with Crippen LogP contribution in [0.4, 0.5) is 11.8 Å². The molecule has 0 spiro atoms. The van der Waals surface area contributed by atoms with Crippen molar-refractivity contribution in [1.82, 2.24) is 35.0 Å². The lowest BCUT2D eigenvalue weighted by Crippen LogP contribution is -2.39. The van der Waals surface area contributed by atoms with E-state index in [9.17, 15) is 9.90 Å². The Hall–Kier alpha value is -2.79. The van der Waals surface area contributed by atoms with Crippen molar-refractivity contribution in [1.29, 1.82) is 0 Å². The molecule has 11 heteroatoms. The van der Waals surface area contributed by atoms with Gasteiger partial charge in [0, 0.05) is 44.5 Å². The largest absolute Gasteiger partial charge is 0.390 e. The van der Waals surface area contributed by atoms with Crippen LogP contribution in [0, 0.1) is 0 Å². The van der Waals surface area contributed by atoms with Crippen molar-refractivity contribution >= 4 is 17.7 Å². The molecule has 0 aliphatic carbocycles. The molecular formula is C14H21N9O2. The van der Waals surface area contributed by atoms with Gasteiger partial charge in [-0.1, -0.05) is 11.2 Å². The highest BCUT2D eigenvalue weighted by molar-refractivity contribution is 5.76. The number of β-amino-alcohol motifs (C(OH)–C–C–N with tert-alkyl or cyclic N) is 1. The standard InChI is InChI=1S/C14H21N9O2/c15-13-10(2-1-3-17-13)6-21-4-5-22(8-11(24)7-21)12(25)9-23-14(16)18-19-20-23/h1-3,11,24H,4-9H2,(H2,15,17)(H2,16,18,20)/t11-/m0/s1. The summed E-state index contributed by atoms with van der Waals surface area (Å²) in [6.07, 6.45) is 0.983. The van der Waals surface area contributed by atoms with Crippen molar-refractivity contribution in [3.05, 3.63) is 23.9 Å². The summed E-state index contributed by atoms with van der Waals surface area (Å²) < 4.78 is 1.23. The Bertz CT molecular complexity index is 735. The number of rotatable bonds is 4. The lowest BCUT2D eigenvalue weighted by Gasteiger charge is -2.22. The van der Waals surface area contributed by atoms with Gasteiger partial charge in [-0.05, 0) is 16.5 Å². The van der Waals surface area contributed by atoms with E-state index >= 15 is 0 Å². The molecule has 1 aliphatic rings. The lowest BCUT2D eigenvalue weighted by atomic mass is 10.2. The average Bonchev–Trinajstić information content (AvgIpc) is 2.87. The molecule has 0 aromatic carbocycles. The van der Waals surface area contributed by atoms with E-state index in [-0.39, 0.29) is 24.9 Å². The van der Waals surface area contributed by atoms with Crippen molar-refractivity contribution in [2.45, 2.75) is 19.2 Å². The van der Waals surface area contributed by atoms with Crippen molar-refractivity contribution in [3.63, 3.8) is 0 Å². The Labute approximate surface area is 144 Å². The second-order valence-electron chi connectivity index (χ2n) is 5.97. The number of aromatic nitrogens is 5. The van der Waals surface area contributed by atoms with Gasteiger partial charge in [0.2, 0.25) is 11.9 Å². The number of carbonyl (C=O) groups is 1. The summed E-state index contributed by atoms with van der Waals surface area (Å²) in [4.78, 5) is 20.1. The predicted molar refractivity (Wildman–Crippen MR) is 88.7 cm³/mol. The number of nitrogens with two attached hydrogens (primary N) is 2. The van der Waals surface area contributed by atoms with E-state index in [1.54, 1.807) is 11.1 Å². The second kappa shape index (κ2) is 7.40. The van der Waals surface area contributed by atoms with Gasteiger partial charge in [-0.2, -0.15) is 0 Å². The van der Waals surface area contributed by atoms with Gasteiger partial charge in [-0.25, -0.2) is 9.67 Å². The van der Waals surface area contributed by atoms with Crippen LogP contribution in [0.25, 0.3) is 0 Å². The van der Waals surface area contributed by atoms with Crippen LogP contribution in [0.15, 0.2) is 18.3 Å². The zero-order chi connectivity index (χ0) is 17.8. The monoisotopic (exact) mass is 347 g/mol. The fourth-order valence-electron chi connectivity index (χ4n) is 2.80. The zero-order valence-electron chi connectivity index (χ0n) is 13.7. The van der Waals surface area contributed by atoms with E-state index in [2.05, 4.69) is 25.4 Å². The molecule has 11 nitrogen and oxygen atoms in total. The van der Waals surface area contributed by atoms with Crippen molar-refractivity contribution in [2.75, 3.05) is 37.6 Å². The number of anilines is 2. The average molecular weight is 347 g/mol. The summed E-state index contributed by atoms with van der Waals surface area (Å²) in [5, 5.41) is 20.9. The number of carbonyl (C=O) groups excluding carboxylic acids is 1. The summed E-state index contributed by atoms with van der Waals surface area (Å²) in [6, 6.07) is 3.73. The first-order valence-corrected chi connectivity index (χ1v) is 7.92. The van der Waals surface area contributed by atoms with Crippen molar-refractivity contribution < 1.29 is 9.90 Å². The number of nitrogens with zero attached hydrogens (tertiary/aromatic N) is 7. The van der Waals surface area contributed by atoms with Crippen LogP contribution in [-0.2, 0) is 17.9 Å². The first-order valence-electron chi connectivity index (χ1n) is 7.92. The fourth-order valence-corrected chi connectivity index (χ4v) is 2.80. The number of aliphatic hydroxyl groups is 1. The summed E-state index contributed by atoms with van der Waals surface area (Å²) in [7, 11) is 0. The Balaban J connectivity index is 1.61. The molecule has 1 atom stereocenters. The van der Waals surface area contributed by atoms with Gasteiger partial charge in [0.1, 0.15) is 12.4 Å². The molecule has 1 saturated heterocycles. The van der Waals surface area contributed by atoms with Gasteiger partial charge in [0.15, 0.2) is 0 Å². The van der Waals surface area contributed by atoms with Crippen LogP contribution in [0.2, 0.25) is 0 Å². The smallest absolute Gasteiger partial charge is 0.244 e. The number of amides is 1. The first-order chi connectivity index (χ1) is 12.0. The molecule has 2 aromatic rings. The minimum atomic E-state index is -0.657. The van der Waals surface area contributed by atoms with Crippen molar-refractivity contribution in [2.24, 2.45) is 0 Å². The van der Waals surface area contributed by atoms with Gasteiger partial charge in [-0.3, -0.25) is 9.69 Å². The Morgan fingerprint density at radius 2 is 2.16 bits per heavy atom. The Morgan fingerprint density at radius 1 is 1.32 bits per heavy atom. The van der Waals surface area contributed by atoms with E-state index < -0.39 is 6.10 Å². The first kappa shape index (κ1) is 17.0. The maximum absolute atomic E-state index is 12.4. The van der Waals surface area contributed by atoms with Crippen LogP contribution >= 0.6 is 0 Å². The molecule has 134 valence electrons. The summed E-state index contributed by atoms with van der Waals surface area (Å²) in [5.41, 5.74) is 12.4. The highest BCUT2D eigenvalue weighted by Crippen LogP contribution is 2.13. The van der Waals surface area contributed by atoms with Crippen LogP contribution in [0.1, 0.15) is 5.56 Å². The zero-order valence-corrected chi connectivity index (χ0v) is 13.7. The van der Waals surface area contributed by atoms with E-state index in [1.807, 2.05) is 12.1 Å². The number of hydrogen-bond donors (Lipinski definition) is 3. The van der Waals surface area contributed by atoms with E-state index in [1.165, 1.54) is 4.68 Å². The number of tetrazole rings is 1. The van der Waals surface area contributed by atoms with Gasteiger partial charge >= 0.3 is 0 Å². The number of aliphatic hydroxyl groups excluding tert-OH is 1. The highest BCUT2D eigenvalue weighted by Gasteiger charge is 2.25. The second-order valence-corrected chi connectivity index (χ2v) is 5.97. The topological polar surface area (TPSA) is 152 Å². The summed E-state index contributed by atoms with van der Waals surface area (Å²) in [5.74, 6) is 0.363. The van der Waals surface area contributed by atoms with Crippen LogP contribution in [0.5, 0.6) is 0 Å². The third kappa shape index (κ3) is 4.19. The van der Waals surface area contributed by atoms with Crippen LogP contribution in [0.3, 0.4) is 0 Å². The molecule has 0 unspecified atom stereocenters. The quantitative estimate of drug-likeness (QED) is 0.566. The molecule has 1 aliphatic heterocycles. The van der Waals surface area contributed by atoms with Crippen molar-refractivity contribution in [3.8, 4) is 0 Å². The third-order valence-corrected chi connectivity index (χ3v) is 4.10. The number of pyridine rings is 1. The van der Waals surface area contributed by atoms with Gasteiger partial charge in [0.05, 0.1) is 6.10 Å². The van der Waals surface area contributed by atoms with E-state index in [4.69, 9.17) is 11.5 Å². The molecule has 25 heavy (non-hydrogen) atoms. The van der Waals surface area contributed by atoms with Gasteiger partial charge in [-0.15, -0.1) is 0 Å². The molecule has 0 saturated carbocycles. The molecule has 5 N–H and O–H groups in total. The third-order valence-electron chi connectivity index (χ3n) is 4.10. The molecule has 3 rings (SSSR count). The molecule has 1 amide bonds. The fraction of sp³-hybridized carbons (Fsp3) is 0.500. The minimum Gasteiger partial charge on any atom is -0.390 e. The molecule has 0 radical (unpaired) electrons. The SMILES string of the molecule is Nc1ncccc1CN1CCN(C(=O)Cn2nnnc2N)C[C@@H](O)C1. The minimum absolute atomic E-state index is 0.0545. The predicted octanol–water partition coefficient (Wildman–Crippen LogP) is -2.06. The maximum atomic E-state index is 12.4. The van der Waals surface area contributed by atoms with E-state index in [0.29, 0.717) is 32.0 Å². The Kier molecular flexibility index (Phi) is 5.05. The normalized spacial score (nSPS) is 18.9. The van der Waals surface area contributed by atoms with E-state index in [0.717, 1.165) is 5.56 Å². The Morgan fingerprint density at radius 3 is 2.88 bits per heavy atom. The van der Waals surface area contributed by atoms with Crippen LogP contribution < -0.4 is 11.5 Å². The molecular weight excluding hydrogens is 326 g/mol. The molecule has 1 fully saturated rings. The maximum Gasteiger partial charge on any atom is 0.244 e. The lowest BCUT2D eigenvalue weighted by molar-refractivity contribution is -0.132. The molecule has 0 bridgehead atoms. The number of hydrogen-bond acceptors (Lipinski definition) is 9. The summed E-state index contributed by atoms with van der Waals surface area (Å²) >= 11 is 0. The number of nitrogen functional groups attached to an aromatic ring is 2. The van der Waals surface area contributed by atoms with Gasteiger partial charge < -0.3 is 21.5 Å². The van der Waals surface area contributed by atoms with Crippen LogP contribution in [-0.4, -0.2) is 78.3 Å². The van der Waals surface area contributed by atoms with Gasteiger partial charge in [0.25, 0.3) is 0 Å².